The van der Waals surface area contributed by atoms with Gasteiger partial charge in [0.15, 0.2) is 0 Å². The molecule has 0 fully saturated rings. The lowest BCUT2D eigenvalue weighted by Gasteiger charge is -2.26. The van der Waals surface area contributed by atoms with Crippen LogP contribution in [0.15, 0.2) is 57.8 Å². The standard InChI is InChI=1S/C20H18O2S/c1-22-15-8-6-13-7-9-16(18(12-21)17(13)11-15)20-10-14-4-2-3-5-19(14)23-20/h2-6,8,11-12,18H,7,9-10H2,1H3. The number of carbonyl (C=O) groups excluding carboxylic acids is 1. The number of allylic oxidation sites excluding steroid dienone is 2. The highest BCUT2D eigenvalue weighted by Crippen LogP contribution is 2.47. The van der Waals surface area contributed by atoms with E-state index in [1.807, 2.05) is 23.9 Å². The van der Waals surface area contributed by atoms with Gasteiger partial charge >= 0.3 is 0 Å². The third kappa shape index (κ3) is 2.49. The van der Waals surface area contributed by atoms with Crippen molar-refractivity contribution in [1.82, 2.24) is 0 Å². The minimum absolute atomic E-state index is 0.134. The first-order valence-corrected chi connectivity index (χ1v) is 8.71. The quantitative estimate of drug-likeness (QED) is 0.760. The zero-order chi connectivity index (χ0) is 15.8. The van der Waals surface area contributed by atoms with Gasteiger partial charge in [-0.15, -0.1) is 0 Å². The Balaban J connectivity index is 1.76. The maximum absolute atomic E-state index is 11.9. The van der Waals surface area contributed by atoms with Gasteiger partial charge in [0.2, 0.25) is 0 Å². The van der Waals surface area contributed by atoms with Gasteiger partial charge in [-0.3, -0.25) is 0 Å². The zero-order valence-corrected chi connectivity index (χ0v) is 13.9. The van der Waals surface area contributed by atoms with Gasteiger partial charge in [-0.2, -0.15) is 0 Å². The van der Waals surface area contributed by atoms with Crippen molar-refractivity contribution in [3.05, 3.63) is 69.6 Å². The Bertz CT molecular complexity index is 780. The molecular formula is C20H18O2S. The van der Waals surface area contributed by atoms with Crippen molar-refractivity contribution in [2.75, 3.05) is 7.11 Å². The summed E-state index contributed by atoms with van der Waals surface area (Å²) in [6.45, 7) is 0. The fraction of sp³-hybridized carbons (Fsp3) is 0.250. The smallest absolute Gasteiger partial charge is 0.131 e. The lowest BCUT2D eigenvalue weighted by Crippen LogP contribution is -2.15. The van der Waals surface area contributed by atoms with E-state index in [4.69, 9.17) is 4.74 Å². The van der Waals surface area contributed by atoms with Crippen LogP contribution in [0.1, 0.15) is 29.0 Å². The van der Waals surface area contributed by atoms with Crippen molar-refractivity contribution in [2.45, 2.75) is 30.1 Å². The molecule has 2 aromatic rings. The molecule has 0 N–H and O–H groups in total. The van der Waals surface area contributed by atoms with Crippen LogP contribution in [0, 0.1) is 0 Å². The lowest BCUT2D eigenvalue weighted by molar-refractivity contribution is -0.108. The highest BCUT2D eigenvalue weighted by Gasteiger charge is 2.29. The zero-order valence-electron chi connectivity index (χ0n) is 13.0. The molecule has 2 aliphatic rings. The molecule has 1 heterocycles. The number of ether oxygens (including phenoxy) is 1. The van der Waals surface area contributed by atoms with E-state index in [9.17, 15) is 4.79 Å². The molecule has 0 spiro atoms. The number of carbonyl (C=O) groups is 1. The molecule has 0 amide bonds. The molecule has 0 bridgehead atoms. The number of thioether (sulfide) groups is 1. The van der Waals surface area contributed by atoms with Gasteiger partial charge in [0.25, 0.3) is 0 Å². The molecule has 3 heteroatoms. The number of benzene rings is 2. The Labute approximate surface area is 140 Å². The van der Waals surface area contributed by atoms with Crippen LogP contribution < -0.4 is 4.74 Å². The molecule has 23 heavy (non-hydrogen) atoms. The summed E-state index contributed by atoms with van der Waals surface area (Å²) >= 11 is 1.84. The van der Waals surface area contributed by atoms with Gasteiger partial charge in [-0.25, -0.2) is 0 Å². The van der Waals surface area contributed by atoms with Crippen LogP contribution in [0.5, 0.6) is 5.75 Å². The molecule has 1 unspecified atom stereocenters. The van der Waals surface area contributed by atoms with E-state index in [0.717, 1.165) is 36.9 Å². The second-order valence-corrected chi connectivity index (χ2v) is 7.15. The van der Waals surface area contributed by atoms with Crippen molar-refractivity contribution in [2.24, 2.45) is 0 Å². The van der Waals surface area contributed by atoms with Crippen molar-refractivity contribution in [3.8, 4) is 5.75 Å². The number of methoxy groups -OCH3 is 1. The molecule has 0 saturated carbocycles. The summed E-state index contributed by atoms with van der Waals surface area (Å²) in [5.41, 5.74) is 5.06. The normalized spacial score (nSPS) is 22.4. The van der Waals surface area contributed by atoms with E-state index in [1.165, 1.54) is 26.5 Å². The molecule has 116 valence electrons. The van der Waals surface area contributed by atoms with Gasteiger partial charge in [-0.05, 0) is 58.2 Å². The van der Waals surface area contributed by atoms with E-state index in [1.54, 1.807) is 7.11 Å². The number of hydrogen-bond acceptors (Lipinski definition) is 3. The number of hydrogen-bond donors (Lipinski definition) is 0. The van der Waals surface area contributed by atoms with Gasteiger partial charge in [-0.1, -0.05) is 36.0 Å². The van der Waals surface area contributed by atoms with E-state index < -0.39 is 0 Å². The van der Waals surface area contributed by atoms with Crippen LogP contribution in [0.4, 0.5) is 0 Å². The van der Waals surface area contributed by atoms with Crippen molar-refractivity contribution < 1.29 is 9.53 Å². The fourth-order valence-electron chi connectivity index (χ4n) is 3.57. The highest BCUT2D eigenvalue weighted by atomic mass is 32.2. The van der Waals surface area contributed by atoms with E-state index >= 15 is 0 Å². The van der Waals surface area contributed by atoms with Crippen LogP contribution in [0.2, 0.25) is 0 Å². The summed E-state index contributed by atoms with van der Waals surface area (Å²) in [4.78, 5) is 14.6. The summed E-state index contributed by atoms with van der Waals surface area (Å²) in [6.07, 6.45) is 4.03. The van der Waals surface area contributed by atoms with Crippen molar-refractivity contribution in [1.29, 1.82) is 0 Å². The van der Waals surface area contributed by atoms with Gasteiger partial charge in [0.1, 0.15) is 12.0 Å². The summed E-state index contributed by atoms with van der Waals surface area (Å²) in [6, 6.07) is 14.6. The molecule has 1 atom stereocenters. The summed E-state index contributed by atoms with van der Waals surface area (Å²) in [5.74, 6) is 0.690. The van der Waals surface area contributed by atoms with E-state index in [-0.39, 0.29) is 5.92 Å². The molecule has 2 aromatic carbocycles. The van der Waals surface area contributed by atoms with Crippen LogP contribution in [0.3, 0.4) is 0 Å². The first-order chi connectivity index (χ1) is 11.3. The molecule has 4 rings (SSSR count). The largest absolute Gasteiger partial charge is 0.497 e. The Morgan fingerprint density at radius 1 is 1.13 bits per heavy atom. The topological polar surface area (TPSA) is 26.3 Å². The number of rotatable bonds is 2. The Kier molecular flexibility index (Phi) is 3.74. The number of aldehydes is 1. The second-order valence-electron chi connectivity index (χ2n) is 6.01. The van der Waals surface area contributed by atoms with E-state index in [0.29, 0.717) is 0 Å². The summed E-state index contributed by atoms with van der Waals surface area (Å²) in [7, 11) is 1.67. The molecule has 1 aliphatic carbocycles. The first kappa shape index (κ1) is 14.6. The SMILES string of the molecule is COc1ccc2c(c1)C(C=O)C(=C1Cc3ccccc3S1)CC2. The fourth-order valence-corrected chi connectivity index (χ4v) is 4.84. The molecule has 0 saturated heterocycles. The average molecular weight is 322 g/mol. The molecule has 0 radical (unpaired) electrons. The molecule has 2 nitrogen and oxygen atoms in total. The third-order valence-corrected chi connectivity index (χ3v) is 6.05. The van der Waals surface area contributed by atoms with Crippen molar-refractivity contribution >= 4 is 18.0 Å². The third-order valence-electron chi connectivity index (χ3n) is 4.78. The number of fused-ring (bicyclic) bond motifs is 2. The predicted octanol–water partition coefficient (Wildman–Crippen LogP) is 4.53. The monoisotopic (exact) mass is 322 g/mol. The van der Waals surface area contributed by atoms with E-state index in [2.05, 4.69) is 30.3 Å². The van der Waals surface area contributed by atoms with Crippen molar-refractivity contribution in [3.63, 3.8) is 0 Å². The average Bonchev–Trinajstić information content (AvgIpc) is 3.04. The predicted molar refractivity (Wildman–Crippen MR) is 93.1 cm³/mol. The highest BCUT2D eigenvalue weighted by molar-refractivity contribution is 8.03. The maximum atomic E-state index is 11.9. The molecule has 0 aromatic heterocycles. The summed E-state index contributed by atoms with van der Waals surface area (Å²) < 4.78 is 5.35. The Morgan fingerprint density at radius 2 is 2.00 bits per heavy atom. The van der Waals surface area contributed by atoms with Gasteiger partial charge in [0.05, 0.1) is 13.0 Å². The Morgan fingerprint density at radius 3 is 2.78 bits per heavy atom. The molecular weight excluding hydrogens is 304 g/mol. The van der Waals surface area contributed by atoms with Gasteiger partial charge in [0, 0.05) is 11.3 Å². The minimum Gasteiger partial charge on any atom is -0.497 e. The maximum Gasteiger partial charge on any atom is 0.131 e. The first-order valence-electron chi connectivity index (χ1n) is 7.90. The van der Waals surface area contributed by atoms with Crippen LogP contribution in [0.25, 0.3) is 0 Å². The second kappa shape index (κ2) is 5.89. The Hall–Kier alpha value is -2.00. The minimum atomic E-state index is -0.134. The lowest BCUT2D eigenvalue weighted by atomic mass is 9.79. The number of aryl methyl sites for hydroxylation is 1. The van der Waals surface area contributed by atoms with Crippen LogP contribution in [-0.4, -0.2) is 13.4 Å². The summed E-state index contributed by atoms with van der Waals surface area (Å²) in [5, 5.41) is 0. The van der Waals surface area contributed by atoms with Crippen LogP contribution >= 0.6 is 11.8 Å². The van der Waals surface area contributed by atoms with Crippen LogP contribution in [-0.2, 0) is 17.6 Å². The van der Waals surface area contributed by atoms with Gasteiger partial charge < -0.3 is 9.53 Å². The molecule has 1 aliphatic heterocycles.